The van der Waals surface area contributed by atoms with Crippen LogP contribution in [0.25, 0.3) is 11.3 Å². The van der Waals surface area contributed by atoms with Crippen LogP contribution in [0.15, 0.2) is 16.7 Å². The number of aromatic hydroxyl groups is 1. The molecule has 0 bridgehead atoms. The number of rotatable bonds is 2. The van der Waals surface area contributed by atoms with Crippen LogP contribution in [0.2, 0.25) is 0 Å². The van der Waals surface area contributed by atoms with Crippen molar-refractivity contribution >= 4 is 5.82 Å². The summed E-state index contributed by atoms with van der Waals surface area (Å²) in [5, 5.41) is 13.5. The lowest BCUT2D eigenvalue weighted by molar-refractivity contribution is 0.371. The predicted octanol–water partition coefficient (Wildman–Crippen LogP) is 2.25. The van der Waals surface area contributed by atoms with E-state index in [1.807, 2.05) is 13.8 Å². The monoisotopic (exact) mass is 234 g/mol. The molecule has 5 heteroatoms. The number of aromatic nitrogens is 1. The fourth-order valence-electron chi connectivity index (χ4n) is 1.70. The molecule has 0 amide bonds. The highest BCUT2D eigenvalue weighted by molar-refractivity contribution is 5.70. The highest BCUT2D eigenvalue weighted by Crippen LogP contribution is 2.38. The lowest BCUT2D eigenvalue weighted by Gasteiger charge is -2.12. The van der Waals surface area contributed by atoms with Crippen molar-refractivity contribution < 1.29 is 14.4 Å². The molecular weight excluding hydrogens is 220 g/mol. The quantitative estimate of drug-likeness (QED) is 0.832. The Bertz CT molecular complexity index is 561. The number of anilines is 1. The summed E-state index contributed by atoms with van der Waals surface area (Å²) >= 11 is 0. The van der Waals surface area contributed by atoms with E-state index < -0.39 is 0 Å². The number of phenolic OH excluding ortho intramolecular Hbond substituents is 1. The largest absolute Gasteiger partial charge is 0.504 e. The van der Waals surface area contributed by atoms with E-state index in [9.17, 15) is 5.11 Å². The molecular formula is C12H14N2O3. The molecule has 1 aromatic heterocycles. The summed E-state index contributed by atoms with van der Waals surface area (Å²) in [6, 6.07) is 3.34. The van der Waals surface area contributed by atoms with Crippen molar-refractivity contribution in [2.75, 3.05) is 12.8 Å². The van der Waals surface area contributed by atoms with Crippen LogP contribution in [0.5, 0.6) is 11.5 Å². The fraction of sp³-hybridized carbons (Fsp3) is 0.250. The third-order valence-corrected chi connectivity index (χ3v) is 2.84. The number of benzene rings is 1. The van der Waals surface area contributed by atoms with Gasteiger partial charge in [-0.2, -0.15) is 0 Å². The zero-order valence-corrected chi connectivity index (χ0v) is 9.94. The van der Waals surface area contributed by atoms with Crippen LogP contribution in [-0.4, -0.2) is 17.4 Å². The number of hydrogen-bond acceptors (Lipinski definition) is 5. The van der Waals surface area contributed by atoms with E-state index in [4.69, 9.17) is 15.0 Å². The van der Waals surface area contributed by atoms with Crippen LogP contribution in [0.1, 0.15) is 11.1 Å². The number of ether oxygens (including phenoxy) is 1. The van der Waals surface area contributed by atoms with Gasteiger partial charge in [-0.05, 0) is 31.0 Å². The molecule has 0 aliphatic heterocycles. The highest BCUT2D eigenvalue weighted by atomic mass is 16.5. The van der Waals surface area contributed by atoms with E-state index in [1.165, 1.54) is 7.11 Å². The van der Waals surface area contributed by atoms with Crippen molar-refractivity contribution in [2.45, 2.75) is 13.8 Å². The predicted molar refractivity (Wildman–Crippen MR) is 64.0 cm³/mol. The maximum absolute atomic E-state index is 9.86. The minimum absolute atomic E-state index is 0.140. The molecule has 17 heavy (non-hydrogen) atoms. The minimum Gasteiger partial charge on any atom is -0.504 e. The molecule has 0 aliphatic rings. The van der Waals surface area contributed by atoms with E-state index >= 15 is 0 Å². The second-order valence-electron chi connectivity index (χ2n) is 3.84. The minimum atomic E-state index is 0.140. The van der Waals surface area contributed by atoms with Crippen LogP contribution in [0.3, 0.4) is 0 Å². The van der Waals surface area contributed by atoms with Crippen LogP contribution >= 0.6 is 0 Å². The van der Waals surface area contributed by atoms with Crippen LogP contribution in [0, 0.1) is 13.8 Å². The first-order valence-corrected chi connectivity index (χ1v) is 5.14. The second kappa shape index (κ2) is 4.01. The molecule has 0 unspecified atom stereocenters. The summed E-state index contributed by atoms with van der Waals surface area (Å²) in [7, 11) is 1.50. The molecule has 1 aromatic carbocycles. The van der Waals surface area contributed by atoms with Gasteiger partial charge in [0.1, 0.15) is 0 Å². The molecule has 0 radical (unpaired) electrons. The van der Waals surface area contributed by atoms with E-state index in [0.29, 0.717) is 17.3 Å². The maximum atomic E-state index is 9.86. The lowest BCUT2D eigenvalue weighted by Crippen LogP contribution is -1.92. The lowest BCUT2D eigenvalue weighted by atomic mass is 10.00. The summed E-state index contributed by atoms with van der Waals surface area (Å²) in [5.41, 5.74) is 7.97. The summed E-state index contributed by atoms with van der Waals surface area (Å²) < 4.78 is 10.2. The molecule has 0 spiro atoms. The molecule has 0 aliphatic carbocycles. The van der Waals surface area contributed by atoms with Crippen molar-refractivity contribution in [2.24, 2.45) is 0 Å². The Morgan fingerprint density at radius 2 is 2.00 bits per heavy atom. The van der Waals surface area contributed by atoms with E-state index in [0.717, 1.165) is 16.7 Å². The van der Waals surface area contributed by atoms with Gasteiger partial charge in [0.05, 0.1) is 7.11 Å². The molecule has 1 heterocycles. The van der Waals surface area contributed by atoms with Gasteiger partial charge >= 0.3 is 0 Å². The Morgan fingerprint density at radius 3 is 2.53 bits per heavy atom. The zero-order valence-electron chi connectivity index (χ0n) is 9.94. The number of methoxy groups -OCH3 is 1. The topological polar surface area (TPSA) is 81.5 Å². The van der Waals surface area contributed by atoms with Gasteiger partial charge in [0, 0.05) is 11.6 Å². The van der Waals surface area contributed by atoms with Crippen molar-refractivity contribution in [3.63, 3.8) is 0 Å². The molecule has 0 fully saturated rings. The third-order valence-electron chi connectivity index (χ3n) is 2.84. The van der Waals surface area contributed by atoms with Gasteiger partial charge in [-0.1, -0.05) is 5.16 Å². The first-order chi connectivity index (χ1) is 8.04. The first-order valence-electron chi connectivity index (χ1n) is 5.14. The molecule has 0 saturated carbocycles. The van der Waals surface area contributed by atoms with Gasteiger partial charge < -0.3 is 20.1 Å². The molecule has 0 saturated heterocycles. The van der Waals surface area contributed by atoms with Gasteiger partial charge in [0.2, 0.25) is 0 Å². The van der Waals surface area contributed by atoms with Gasteiger partial charge in [-0.25, -0.2) is 0 Å². The second-order valence-corrected chi connectivity index (χ2v) is 3.84. The Morgan fingerprint density at radius 1 is 1.29 bits per heavy atom. The smallest absolute Gasteiger partial charge is 0.169 e. The summed E-state index contributed by atoms with van der Waals surface area (Å²) in [6.07, 6.45) is 0. The average molecular weight is 234 g/mol. The Balaban J connectivity index is 2.66. The average Bonchev–Trinajstić information content (AvgIpc) is 2.73. The van der Waals surface area contributed by atoms with Gasteiger partial charge in [0.15, 0.2) is 23.1 Å². The number of nitrogens with two attached hydrogens (primary N) is 1. The fourth-order valence-corrected chi connectivity index (χ4v) is 1.70. The molecule has 2 aromatic rings. The maximum Gasteiger partial charge on any atom is 0.169 e. The summed E-state index contributed by atoms with van der Waals surface area (Å²) in [6.45, 7) is 3.71. The van der Waals surface area contributed by atoms with Crippen LogP contribution < -0.4 is 10.5 Å². The highest BCUT2D eigenvalue weighted by Gasteiger charge is 2.16. The Kier molecular flexibility index (Phi) is 2.67. The van der Waals surface area contributed by atoms with Gasteiger partial charge in [-0.15, -0.1) is 0 Å². The zero-order chi connectivity index (χ0) is 12.6. The van der Waals surface area contributed by atoms with Crippen LogP contribution in [-0.2, 0) is 0 Å². The number of hydrogen-bond donors (Lipinski definition) is 2. The van der Waals surface area contributed by atoms with Gasteiger partial charge in [-0.3, -0.25) is 0 Å². The standard InChI is InChI=1S/C12H14N2O3/c1-6-7(2)12(15)10(16-3)4-8(6)9-5-11(13)14-17-9/h4-5,15H,1-3H3,(H2,13,14). The Hall–Kier alpha value is -2.17. The summed E-state index contributed by atoms with van der Waals surface area (Å²) in [5.74, 6) is 1.42. The Labute approximate surface area is 98.8 Å². The van der Waals surface area contributed by atoms with Crippen molar-refractivity contribution in [1.82, 2.24) is 5.16 Å². The van der Waals surface area contributed by atoms with Crippen LogP contribution in [0.4, 0.5) is 5.82 Å². The van der Waals surface area contributed by atoms with E-state index in [2.05, 4.69) is 5.16 Å². The van der Waals surface area contributed by atoms with Crippen molar-refractivity contribution in [1.29, 1.82) is 0 Å². The number of phenols is 1. The molecule has 5 nitrogen and oxygen atoms in total. The molecule has 2 rings (SSSR count). The third kappa shape index (κ3) is 1.80. The number of nitrogens with zero attached hydrogens (tertiary/aromatic N) is 1. The van der Waals surface area contributed by atoms with E-state index in [1.54, 1.807) is 12.1 Å². The molecule has 0 atom stereocenters. The van der Waals surface area contributed by atoms with Crippen molar-refractivity contribution in [3.8, 4) is 22.8 Å². The van der Waals surface area contributed by atoms with Gasteiger partial charge in [0.25, 0.3) is 0 Å². The molecule has 90 valence electrons. The van der Waals surface area contributed by atoms with Crippen molar-refractivity contribution in [3.05, 3.63) is 23.3 Å². The normalized spacial score (nSPS) is 10.5. The summed E-state index contributed by atoms with van der Waals surface area (Å²) in [4.78, 5) is 0. The first kappa shape index (κ1) is 11.3. The SMILES string of the molecule is COc1cc(-c2cc(N)no2)c(C)c(C)c1O. The van der Waals surface area contributed by atoms with E-state index in [-0.39, 0.29) is 5.75 Å². The number of nitrogen functional groups attached to an aromatic ring is 1. The molecule has 3 N–H and O–H groups in total.